The molecule has 2 aliphatic heterocycles. The summed E-state index contributed by atoms with van der Waals surface area (Å²) >= 11 is 1.73. The van der Waals surface area contributed by atoms with Gasteiger partial charge in [-0.1, -0.05) is 6.42 Å². The van der Waals surface area contributed by atoms with E-state index in [1.165, 1.54) is 49.5 Å². The van der Waals surface area contributed by atoms with E-state index in [1.807, 2.05) is 6.07 Å². The van der Waals surface area contributed by atoms with Crippen LogP contribution in [-0.2, 0) is 22.1 Å². The van der Waals surface area contributed by atoms with Gasteiger partial charge in [-0.25, -0.2) is 23.4 Å². The average Bonchev–Trinajstić information content (AvgIpc) is 3.18. The number of likely N-dealkylation sites (tertiary alicyclic amines) is 1. The number of piperidine rings is 2. The van der Waals surface area contributed by atoms with Gasteiger partial charge >= 0.3 is 0 Å². The van der Waals surface area contributed by atoms with E-state index >= 15 is 0 Å². The zero-order valence-electron chi connectivity index (χ0n) is 21.4. The number of ether oxygens (including phenoxy) is 1. The number of aryl methyl sites for hydroxylation is 1. The fraction of sp³-hybridized carbons (Fsp3) is 0.577. The summed E-state index contributed by atoms with van der Waals surface area (Å²) in [5, 5.41) is 0. The zero-order valence-corrected chi connectivity index (χ0v) is 23.1. The highest BCUT2D eigenvalue weighted by atomic mass is 32.2. The fourth-order valence-corrected chi connectivity index (χ4v) is 7.16. The van der Waals surface area contributed by atoms with E-state index in [4.69, 9.17) is 14.7 Å². The van der Waals surface area contributed by atoms with Gasteiger partial charge in [-0.15, -0.1) is 11.3 Å². The quantitative estimate of drug-likeness (QED) is 0.439. The normalized spacial score (nSPS) is 17.6. The first-order chi connectivity index (χ1) is 17.3. The Bertz CT molecular complexity index is 1340. The second kappa shape index (κ2) is 10.6. The van der Waals surface area contributed by atoms with Crippen molar-refractivity contribution in [3.05, 3.63) is 28.3 Å². The number of fused-ring (bicyclic) bond motifs is 1. The molecule has 3 aromatic heterocycles. The van der Waals surface area contributed by atoms with Gasteiger partial charge in [0.15, 0.2) is 9.84 Å². The molecule has 0 unspecified atom stereocenters. The molecule has 194 valence electrons. The molecule has 5 heterocycles. The number of nitrogens with zero attached hydrogens (tertiary/aromatic N) is 5. The third-order valence-electron chi connectivity index (χ3n) is 7.10. The lowest BCUT2D eigenvalue weighted by molar-refractivity contribution is 0.221. The summed E-state index contributed by atoms with van der Waals surface area (Å²) in [6.07, 6.45) is 10.3. The highest BCUT2D eigenvalue weighted by Crippen LogP contribution is 2.39. The van der Waals surface area contributed by atoms with Crippen molar-refractivity contribution in [2.45, 2.75) is 57.7 Å². The monoisotopic (exact) mass is 529 g/mol. The number of methoxy groups -OCH3 is 1. The third kappa shape index (κ3) is 5.50. The van der Waals surface area contributed by atoms with Crippen LogP contribution in [0, 0.1) is 6.92 Å². The summed E-state index contributed by atoms with van der Waals surface area (Å²) in [6, 6.07) is 1.87. The molecular formula is C26H35N5O3S2. The van der Waals surface area contributed by atoms with E-state index in [1.54, 1.807) is 17.5 Å². The first-order valence-corrected chi connectivity index (χ1v) is 15.7. The molecule has 0 aromatic carbocycles. The Kier molecular flexibility index (Phi) is 7.46. The van der Waals surface area contributed by atoms with Crippen molar-refractivity contribution < 1.29 is 13.2 Å². The number of aromatic nitrogens is 3. The minimum Gasteiger partial charge on any atom is -0.481 e. The predicted octanol–water partition coefficient (Wildman–Crippen LogP) is 4.59. The van der Waals surface area contributed by atoms with Crippen LogP contribution in [0.5, 0.6) is 5.88 Å². The van der Waals surface area contributed by atoms with Gasteiger partial charge in [-0.05, 0) is 58.2 Å². The Hall–Kier alpha value is -2.30. The molecule has 0 N–H and O–H groups in total. The molecule has 10 heteroatoms. The van der Waals surface area contributed by atoms with E-state index in [2.05, 4.69) is 21.7 Å². The Balaban J connectivity index is 1.65. The summed E-state index contributed by atoms with van der Waals surface area (Å²) in [5.41, 5.74) is 4.48. The molecule has 3 aromatic rings. The van der Waals surface area contributed by atoms with Crippen molar-refractivity contribution in [3.63, 3.8) is 0 Å². The number of hydrogen-bond acceptors (Lipinski definition) is 9. The minimum atomic E-state index is -3.26. The van der Waals surface area contributed by atoms with E-state index in [9.17, 15) is 8.42 Å². The van der Waals surface area contributed by atoms with Gasteiger partial charge < -0.3 is 9.64 Å². The summed E-state index contributed by atoms with van der Waals surface area (Å²) in [5.74, 6) is 0.961. The van der Waals surface area contributed by atoms with E-state index in [0.717, 1.165) is 73.0 Å². The van der Waals surface area contributed by atoms with Gasteiger partial charge in [0.05, 0.1) is 28.8 Å². The summed E-state index contributed by atoms with van der Waals surface area (Å²) in [4.78, 5) is 20.8. The zero-order chi connectivity index (χ0) is 25.3. The first-order valence-electron chi connectivity index (χ1n) is 12.8. The van der Waals surface area contributed by atoms with E-state index in [0.29, 0.717) is 11.4 Å². The summed E-state index contributed by atoms with van der Waals surface area (Å²) in [7, 11) is -1.74. The van der Waals surface area contributed by atoms with Crippen LogP contribution in [-0.4, -0.2) is 67.8 Å². The van der Waals surface area contributed by atoms with Crippen LogP contribution in [0.2, 0.25) is 0 Å². The van der Waals surface area contributed by atoms with Crippen LogP contribution < -0.4 is 9.64 Å². The van der Waals surface area contributed by atoms with Crippen LogP contribution >= 0.6 is 11.3 Å². The van der Waals surface area contributed by atoms with Crippen molar-refractivity contribution in [2.75, 3.05) is 44.4 Å². The molecule has 2 saturated heterocycles. The van der Waals surface area contributed by atoms with Crippen molar-refractivity contribution in [3.8, 4) is 17.1 Å². The van der Waals surface area contributed by atoms with Crippen LogP contribution in [0.15, 0.2) is 12.3 Å². The van der Waals surface area contributed by atoms with Gasteiger partial charge in [0, 0.05) is 53.7 Å². The van der Waals surface area contributed by atoms with Gasteiger partial charge in [-0.3, -0.25) is 4.90 Å². The number of pyridine rings is 1. The van der Waals surface area contributed by atoms with Gasteiger partial charge in [0.1, 0.15) is 0 Å². The summed E-state index contributed by atoms with van der Waals surface area (Å²) < 4.78 is 30.6. The van der Waals surface area contributed by atoms with Crippen LogP contribution in [0.4, 0.5) is 5.95 Å². The van der Waals surface area contributed by atoms with Crippen molar-refractivity contribution in [1.29, 1.82) is 0 Å². The first kappa shape index (κ1) is 25.4. The molecule has 8 nitrogen and oxygen atoms in total. The van der Waals surface area contributed by atoms with Gasteiger partial charge in [0.2, 0.25) is 11.8 Å². The van der Waals surface area contributed by atoms with Crippen molar-refractivity contribution in [1.82, 2.24) is 19.9 Å². The maximum atomic E-state index is 12.1. The Morgan fingerprint density at radius 1 is 1.03 bits per heavy atom. The Morgan fingerprint density at radius 3 is 2.39 bits per heavy atom. The molecule has 2 aliphatic rings. The van der Waals surface area contributed by atoms with Crippen molar-refractivity contribution in [2.24, 2.45) is 0 Å². The average molecular weight is 530 g/mol. The lowest BCUT2D eigenvalue weighted by Gasteiger charge is -2.28. The predicted molar refractivity (Wildman–Crippen MR) is 146 cm³/mol. The highest BCUT2D eigenvalue weighted by Gasteiger charge is 2.24. The number of anilines is 1. The number of hydrogen-bond donors (Lipinski definition) is 0. The van der Waals surface area contributed by atoms with E-state index < -0.39 is 9.84 Å². The molecule has 2 fully saturated rings. The van der Waals surface area contributed by atoms with Crippen LogP contribution in [0.3, 0.4) is 0 Å². The molecule has 0 radical (unpaired) electrons. The standard InChI is InChI=1S/C26H35N5O3S2/c1-18-21(16-30-10-6-4-7-11-30)23-24(35-18)22(28-26(29-23)31-12-8-5-9-13-31)19-14-20(17-36(3,32)33)25(34-2)27-15-19/h14-15H,4-13,16-17H2,1-3H3. The molecule has 5 rings (SSSR count). The molecule has 0 aliphatic carbocycles. The smallest absolute Gasteiger partial charge is 0.226 e. The molecule has 0 saturated carbocycles. The molecule has 0 atom stereocenters. The summed E-state index contributed by atoms with van der Waals surface area (Å²) in [6.45, 7) is 7.25. The second-order valence-electron chi connectivity index (χ2n) is 10.0. The third-order valence-corrected chi connectivity index (χ3v) is 9.08. The maximum absolute atomic E-state index is 12.1. The number of thiophene rings is 1. The maximum Gasteiger partial charge on any atom is 0.226 e. The molecule has 0 amide bonds. The number of rotatable bonds is 7. The van der Waals surface area contributed by atoms with Gasteiger partial charge in [-0.2, -0.15) is 0 Å². The highest BCUT2D eigenvalue weighted by molar-refractivity contribution is 7.89. The van der Waals surface area contributed by atoms with E-state index in [-0.39, 0.29) is 5.75 Å². The van der Waals surface area contributed by atoms with Crippen molar-refractivity contribution >= 4 is 37.3 Å². The molecular weight excluding hydrogens is 494 g/mol. The van der Waals surface area contributed by atoms with Crippen LogP contribution in [0.25, 0.3) is 21.5 Å². The topological polar surface area (TPSA) is 88.5 Å². The Labute approximate surface area is 217 Å². The second-order valence-corrected chi connectivity index (χ2v) is 13.4. The lowest BCUT2D eigenvalue weighted by Crippen LogP contribution is -2.31. The minimum absolute atomic E-state index is 0.131. The number of sulfone groups is 1. The van der Waals surface area contributed by atoms with Crippen LogP contribution in [0.1, 0.15) is 54.5 Å². The Morgan fingerprint density at radius 2 is 1.72 bits per heavy atom. The molecule has 36 heavy (non-hydrogen) atoms. The molecule has 0 bridgehead atoms. The molecule has 0 spiro atoms. The van der Waals surface area contributed by atoms with Gasteiger partial charge in [0.25, 0.3) is 0 Å². The fourth-order valence-electron chi connectivity index (χ4n) is 5.28. The SMILES string of the molecule is COc1ncc(-c2nc(N3CCCCC3)nc3c(CN4CCCCC4)c(C)sc23)cc1CS(C)(=O)=O. The lowest BCUT2D eigenvalue weighted by atomic mass is 10.1. The largest absolute Gasteiger partial charge is 0.481 e.